The number of rotatable bonds is 2. The zero-order valence-corrected chi connectivity index (χ0v) is 18.3. The van der Waals surface area contributed by atoms with E-state index < -0.39 is 62.8 Å². The number of benzene rings is 1. The van der Waals surface area contributed by atoms with Gasteiger partial charge in [0.25, 0.3) is 5.91 Å². The van der Waals surface area contributed by atoms with Crippen LogP contribution in [0.2, 0.25) is 0 Å². The van der Waals surface area contributed by atoms with Crippen LogP contribution in [-0.4, -0.2) is 61.3 Å². The number of amides is 3. The molecule has 4 rings (SSSR count). The summed E-state index contributed by atoms with van der Waals surface area (Å²) in [5.74, 6) is -8.78. The summed E-state index contributed by atoms with van der Waals surface area (Å²) >= 11 is 0. The van der Waals surface area contributed by atoms with E-state index in [4.69, 9.17) is 10.5 Å². The predicted octanol–water partition coefficient (Wildman–Crippen LogP) is -0.322. The smallest absolute Gasteiger partial charge is 0.311 e. The Labute approximate surface area is 190 Å². The number of carbonyl (C=O) groups excluding carboxylic acids is 3. The van der Waals surface area contributed by atoms with E-state index in [0.717, 1.165) is 15.7 Å². The quantitative estimate of drug-likeness (QED) is 0.379. The van der Waals surface area contributed by atoms with Crippen LogP contribution < -0.4 is 20.5 Å². The van der Waals surface area contributed by atoms with Gasteiger partial charge in [-0.1, -0.05) is 0 Å². The summed E-state index contributed by atoms with van der Waals surface area (Å²) in [4.78, 5) is 36.7. The average molecular weight is 501 g/mol. The van der Waals surface area contributed by atoms with Crippen LogP contribution in [0.4, 0.5) is 18.9 Å². The first-order valence-corrected chi connectivity index (χ1v) is 11.3. The van der Waals surface area contributed by atoms with Gasteiger partial charge in [0.2, 0.25) is 10.0 Å². The molecule has 3 heterocycles. The molecule has 2 atom stereocenters. The van der Waals surface area contributed by atoms with Gasteiger partial charge in [-0.15, -0.1) is 0 Å². The number of hydrogen-bond acceptors (Lipinski definition) is 6. The van der Waals surface area contributed by atoms with Gasteiger partial charge in [0, 0.05) is 56.1 Å². The third kappa shape index (κ3) is 4.07. The lowest BCUT2D eigenvalue weighted by atomic mass is 10.1. The molecule has 0 radical (unpaired) electrons. The molecule has 15 heteroatoms. The molecule has 0 spiro atoms. The molecule has 2 aliphatic rings. The maximum atomic E-state index is 13.5. The zero-order chi connectivity index (χ0) is 24.9. The van der Waals surface area contributed by atoms with Gasteiger partial charge in [-0.2, -0.15) is 0 Å². The summed E-state index contributed by atoms with van der Waals surface area (Å²) in [6.45, 7) is -0.258. The second-order valence-corrected chi connectivity index (χ2v) is 9.55. The van der Waals surface area contributed by atoms with Crippen molar-refractivity contribution in [3.05, 3.63) is 41.5 Å². The molecule has 1 fully saturated rings. The Morgan fingerprint density at radius 1 is 1.18 bits per heavy atom. The average Bonchev–Trinajstić information content (AvgIpc) is 3.29. The topological polar surface area (TPSA) is 153 Å². The lowest BCUT2D eigenvalue weighted by Gasteiger charge is -2.23. The summed E-state index contributed by atoms with van der Waals surface area (Å²) in [5.41, 5.74) is 4.33. The third-order valence-corrected chi connectivity index (χ3v) is 7.02. The van der Waals surface area contributed by atoms with Gasteiger partial charge in [-0.3, -0.25) is 14.4 Å². The Bertz CT molecular complexity index is 1300. The normalized spacial score (nSPS) is 21.0. The van der Waals surface area contributed by atoms with E-state index in [2.05, 4.69) is 10.0 Å². The number of anilines is 1. The summed E-state index contributed by atoms with van der Waals surface area (Å²) in [6.07, 6.45) is 1.11. The van der Waals surface area contributed by atoms with Crippen LogP contribution in [-0.2, 0) is 26.7 Å². The fraction of sp³-hybridized carbons (Fsp3) is 0.316. The Morgan fingerprint density at radius 2 is 1.82 bits per heavy atom. The molecule has 0 unspecified atom stereocenters. The van der Waals surface area contributed by atoms with Crippen molar-refractivity contribution in [1.82, 2.24) is 14.2 Å². The summed E-state index contributed by atoms with van der Waals surface area (Å²) in [7, 11) is -2.89. The molecule has 1 aromatic heterocycles. The summed E-state index contributed by atoms with van der Waals surface area (Å²) < 4.78 is 75.5. The van der Waals surface area contributed by atoms with E-state index in [1.165, 1.54) is 7.05 Å². The minimum absolute atomic E-state index is 0.0210. The Morgan fingerprint density at radius 3 is 2.44 bits per heavy atom. The van der Waals surface area contributed by atoms with Gasteiger partial charge in [0.1, 0.15) is 4.90 Å². The van der Waals surface area contributed by atoms with Gasteiger partial charge in [0.15, 0.2) is 28.9 Å². The van der Waals surface area contributed by atoms with Gasteiger partial charge in [-0.25, -0.2) is 26.3 Å². The first-order valence-electron chi connectivity index (χ1n) is 9.78. The molecule has 2 aliphatic heterocycles. The number of nitrogens with one attached hydrogen (secondary N) is 2. The van der Waals surface area contributed by atoms with Crippen LogP contribution in [0.25, 0.3) is 0 Å². The minimum Gasteiger partial charge on any atom is -0.489 e. The molecule has 0 aliphatic carbocycles. The van der Waals surface area contributed by atoms with Gasteiger partial charge in [0.05, 0.1) is 6.61 Å². The summed E-state index contributed by atoms with van der Waals surface area (Å²) in [6, 6.07) is 0.356. The highest BCUT2D eigenvalue weighted by atomic mass is 32.2. The number of aromatic nitrogens is 1. The number of ether oxygens (including phenoxy) is 1. The van der Waals surface area contributed by atoms with E-state index >= 15 is 0 Å². The second-order valence-electron chi connectivity index (χ2n) is 7.86. The van der Waals surface area contributed by atoms with E-state index in [0.29, 0.717) is 12.1 Å². The number of hydrogen-bond donors (Lipinski definition) is 3. The molecule has 0 bridgehead atoms. The Hall–Kier alpha value is -3.59. The number of sulfonamides is 1. The van der Waals surface area contributed by atoms with Crippen molar-refractivity contribution in [2.24, 2.45) is 18.7 Å². The largest absolute Gasteiger partial charge is 0.489 e. The van der Waals surface area contributed by atoms with E-state index in [9.17, 15) is 36.0 Å². The molecular formula is C19H18F3N5O6S. The highest BCUT2D eigenvalue weighted by Crippen LogP contribution is 2.34. The van der Waals surface area contributed by atoms with Crippen LogP contribution in [0.15, 0.2) is 23.2 Å². The van der Waals surface area contributed by atoms with Crippen LogP contribution >= 0.6 is 0 Å². The van der Waals surface area contributed by atoms with Crippen molar-refractivity contribution in [3.8, 4) is 5.75 Å². The fourth-order valence-corrected chi connectivity index (χ4v) is 5.43. The Kier molecular flexibility index (Phi) is 5.77. The number of nitrogens with two attached hydrogens (primary N) is 1. The van der Waals surface area contributed by atoms with Crippen molar-refractivity contribution in [2.45, 2.75) is 10.9 Å². The highest BCUT2D eigenvalue weighted by Gasteiger charge is 2.43. The molecule has 3 amide bonds. The predicted molar refractivity (Wildman–Crippen MR) is 109 cm³/mol. The van der Waals surface area contributed by atoms with E-state index in [1.807, 2.05) is 0 Å². The first kappa shape index (κ1) is 23.6. The molecule has 2 aromatic rings. The maximum absolute atomic E-state index is 13.5. The molecule has 34 heavy (non-hydrogen) atoms. The molecular weight excluding hydrogens is 483 g/mol. The van der Waals surface area contributed by atoms with E-state index in [-0.39, 0.29) is 36.0 Å². The van der Waals surface area contributed by atoms with Crippen LogP contribution in [0.1, 0.15) is 10.5 Å². The van der Waals surface area contributed by atoms with Crippen LogP contribution in [0, 0.1) is 23.4 Å². The zero-order valence-electron chi connectivity index (χ0n) is 17.5. The highest BCUT2D eigenvalue weighted by molar-refractivity contribution is 7.89. The number of carbonyl (C=O) groups is 3. The number of likely N-dealkylation sites (tertiary alicyclic amines) is 1. The molecule has 0 saturated carbocycles. The number of halogens is 3. The van der Waals surface area contributed by atoms with Crippen molar-refractivity contribution < 1.29 is 40.7 Å². The fourth-order valence-electron chi connectivity index (χ4n) is 3.94. The van der Waals surface area contributed by atoms with Crippen LogP contribution in [0.3, 0.4) is 0 Å². The monoisotopic (exact) mass is 501 g/mol. The number of aryl methyl sites for hydroxylation is 1. The lowest BCUT2D eigenvalue weighted by molar-refractivity contribution is -0.143. The molecule has 4 N–H and O–H groups in total. The van der Waals surface area contributed by atoms with Gasteiger partial charge < -0.3 is 25.3 Å². The summed E-state index contributed by atoms with van der Waals surface area (Å²) in [5, 5.41) is 2.18. The first-order chi connectivity index (χ1) is 15.9. The Balaban J connectivity index is 1.65. The van der Waals surface area contributed by atoms with E-state index in [1.54, 1.807) is 0 Å². The van der Waals surface area contributed by atoms with Gasteiger partial charge in [-0.05, 0) is 0 Å². The van der Waals surface area contributed by atoms with Crippen molar-refractivity contribution in [1.29, 1.82) is 0 Å². The lowest BCUT2D eigenvalue weighted by Crippen LogP contribution is -2.44. The molecule has 1 aromatic carbocycles. The maximum Gasteiger partial charge on any atom is 0.311 e. The van der Waals surface area contributed by atoms with Crippen molar-refractivity contribution in [3.63, 3.8) is 0 Å². The molecule has 182 valence electrons. The van der Waals surface area contributed by atoms with Crippen molar-refractivity contribution >= 4 is 33.4 Å². The minimum atomic E-state index is -4.25. The molecule has 11 nitrogen and oxygen atoms in total. The number of nitrogens with zero attached hydrogens (tertiary/aromatic N) is 2. The number of fused-ring (bicyclic) bond motifs is 2. The second kappa shape index (κ2) is 8.32. The molecule has 1 saturated heterocycles. The SMILES string of the molecule is Cn1cc2c(c1C(=O)Nc1cc(F)c(F)c(F)c1)OC[C@@H]1CN(C(=O)C(N)=O)C[C@@H]1NS2(=O)=O. The van der Waals surface area contributed by atoms with Gasteiger partial charge >= 0.3 is 11.8 Å². The number of primary amides is 1. The van der Waals surface area contributed by atoms with Crippen LogP contribution in [0.5, 0.6) is 5.75 Å². The standard InChI is InChI=1S/C19H18F3N5O6S/c1-26-6-13-16(15(26)18(29)24-9-2-10(20)14(22)11(21)3-9)33-7-8-4-27(19(30)17(23)28)5-12(8)25-34(13,31)32/h2-3,6,8,12,25H,4-5,7H2,1H3,(H2,23,28)(H,24,29)/t8-,12-/m0/s1. The van der Waals surface area contributed by atoms with Crippen molar-refractivity contribution in [2.75, 3.05) is 25.0 Å². The third-order valence-electron chi connectivity index (χ3n) is 5.54.